The number of rotatable bonds is 8. The van der Waals surface area contributed by atoms with Crippen LogP contribution in [0, 0.1) is 5.41 Å². The molecule has 0 aliphatic rings. The zero-order valence-electron chi connectivity index (χ0n) is 16.9. The van der Waals surface area contributed by atoms with E-state index < -0.39 is 21.4 Å². The van der Waals surface area contributed by atoms with Crippen LogP contribution in [0.15, 0.2) is 53.4 Å². The molecule has 7 nitrogen and oxygen atoms in total. The Morgan fingerprint density at radius 2 is 1.62 bits per heavy atom. The summed E-state index contributed by atoms with van der Waals surface area (Å²) in [6, 6.07) is 12.0. The topological polar surface area (TPSA) is 98.8 Å². The van der Waals surface area contributed by atoms with Crippen LogP contribution in [0.3, 0.4) is 0 Å². The largest absolute Gasteiger partial charge is 0.494 e. The van der Waals surface area contributed by atoms with E-state index in [0.29, 0.717) is 12.4 Å². The number of hydrogen-bond donors (Lipinski definition) is 1. The summed E-state index contributed by atoms with van der Waals surface area (Å²) < 4.78 is 38.2. The van der Waals surface area contributed by atoms with Crippen LogP contribution < -0.4 is 9.46 Å². The molecule has 0 saturated heterocycles. The number of anilines is 1. The van der Waals surface area contributed by atoms with Crippen molar-refractivity contribution in [2.75, 3.05) is 17.9 Å². The molecule has 8 heteroatoms. The molecule has 2 rings (SSSR count). The molecule has 0 aromatic heterocycles. The number of ether oxygens (including phenoxy) is 2. The number of ketones is 1. The maximum atomic E-state index is 12.7. The lowest BCUT2D eigenvalue weighted by molar-refractivity contribution is -0.129. The third kappa shape index (κ3) is 6.05. The molecular weight excluding hydrogens is 394 g/mol. The normalized spacial score (nSPS) is 11.6. The molecule has 0 saturated carbocycles. The summed E-state index contributed by atoms with van der Waals surface area (Å²) in [5.41, 5.74) is -0.562. The van der Waals surface area contributed by atoms with E-state index in [4.69, 9.17) is 9.47 Å². The number of carbonyl (C=O) groups excluding carboxylic acids is 2. The first kappa shape index (κ1) is 22.4. The molecule has 29 heavy (non-hydrogen) atoms. The van der Waals surface area contributed by atoms with Gasteiger partial charge in [0.05, 0.1) is 22.8 Å². The lowest BCUT2D eigenvalue weighted by Gasteiger charge is -2.17. The van der Waals surface area contributed by atoms with Crippen molar-refractivity contribution >= 4 is 27.5 Å². The number of nitrogens with one attached hydrogen (secondary N) is 1. The van der Waals surface area contributed by atoms with Gasteiger partial charge in [-0.15, -0.1) is 0 Å². The van der Waals surface area contributed by atoms with Crippen LogP contribution in [0.1, 0.15) is 38.1 Å². The fourth-order valence-corrected chi connectivity index (χ4v) is 3.34. The van der Waals surface area contributed by atoms with E-state index in [1.54, 1.807) is 45.0 Å². The Balaban J connectivity index is 2.19. The molecule has 2 aromatic rings. The van der Waals surface area contributed by atoms with Crippen LogP contribution in [-0.4, -0.2) is 33.4 Å². The van der Waals surface area contributed by atoms with Crippen LogP contribution in [0.4, 0.5) is 5.69 Å². The van der Waals surface area contributed by atoms with Gasteiger partial charge in [0, 0.05) is 5.41 Å². The first-order valence-electron chi connectivity index (χ1n) is 9.09. The minimum Gasteiger partial charge on any atom is -0.494 e. The van der Waals surface area contributed by atoms with E-state index in [0.717, 1.165) is 0 Å². The van der Waals surface area contributed by atoms with Crippen molar-refractivity contribution in [1.82, 2.24) is 0 Å². The average Bonchev–Trinajstić information content (AvgIpc) is 2.66. The molecule has 1 N–H and O–H groups in total. The highest BCUT2D eigenvalue weighted by atomic mass is 32.2. The highest BCUT2D eigenvalue weighted by molar-refractivity contribution is 7.92. The zero-order valence-corrected chi connectivity index (χ0v) is 17.7. The summed E-state index contributed by atoms with van der Waals surface area (Å²) in [5, 5.41) is 0. The number of esters is 1. The lowest BCUT2D eigenvalue weighted by atomic mass is 9.91. The van der Waals surface area contributed by atoms with Gasteiger partial charge in [-0.1, -0.05) is 32.9 Å². The lowest BCUT2D eigenvalue weighted by Crippen LogP contribution is -2.26. The Morgan fingerprint density at radius 1 is 1.00 bits per heavy atom. The van der Waals surface area contributed by atoms with E-state index in [1.807, 2.05) is 6.92 Å². The van der Waals surface area contributed by atoms with E-state index in [-0.39, 0.29) is 28.5 Å². The van der Waals surface area contributed by atoms with Gasteiger partial charge in [-0.05, 0) is 43.3 Å². The van der Waals surface area contributed by atoms with Crippen molar-refractivity contribution in [2.24, 2.45) is 5.41 Å². The first-order chi connectivity index (χ1) is 13.5. The Bertz CT molecular complexity index is 975. The molecular formula is C21H25NO6S. The van der Waals surface area contributed by atoms with Crippen molar-refractivity contribution < 1.29 is 27.5 Å². The second kappa shape index (κ2) is 9.09. The van der Waals surface area contributed by atoms with Crippen molar-refractivity contribution in [3.8, 4) is 5.75 Å². The van der Waals surface area contributed by atoms with Crippen LogP contribution in [0.2, 0.25) is 0 Å². The molecule has 0 unspecified atom stereocenters. The summed E-state index contributed by atoms with van der Waals surface area (Å²) in [6.07, 6.45) is 0. The highest BCUT2D eigenvalue weighted by Gasteiger charge is 2.24. The van der Waals surface area contributed by atoms with Crippen molar-refractivity contribution in [2.45, 2.75) is 32.6 Å². The van der Waals surface area contributed by atoms with E-state index in [9.17, 15) is 18.0 Å². The summed E-state index contributed by atoms with van der Waals surface area (Å²) in [5.74, 6) is -0.468. The third-order valence-corrected chi connectivity index (χ3v) is 5.39. The van der Waals surface area contributed by atoms with Gasteiger partial charge in [0.15, 0.2) is 12.4 Å². The maximum Gasteiger partial charge on any atom is 0.340 e. The van der Waals surface area contributed by atoms with Gasteiger partial charge in [-0.2, -0.15) is 0 Å². The zero-order chi connectivity index (χ0) is 21.7. The first-order valence-corrected chi connectivity index (χ1v) is 10.6. The molecule has 0 fully saturated rings. The predicted molar refractivity (Wildman–Crippen MR) is 110 cm³/mol. The van der Waals surface area contributed by atoms with E-state index in [1.165, 1.54) is 24.3 Å². The number of benzene rings is 2. The fourth-order valence-electron chi connectivity index (χ4n) is 2.26. The fraction of sp³-hybridized carbons (Fsp3) is 0.333. The number of para-hydroxylation sites is 1. The highest BCUT2D eigenvalue weighted by Crippen LogP contribution is 2.23. The Hall–Kier alpha value is -2.87. The van der Waals surface area contributed by atoms with Crippen LogP contribution >= 0.6 is 0 Å². The standard InChI is InChI=1S/C21H25NO6S/c1-5-27-15-10-12-16(13-11-15)29(25,26)22-18-9-7-6-8-17(18)20(24)28-14-19(23)21(2,3)4/h6-13,22H,5,14H2,1-4H3. The van der Waals surface area contributed by atoms with Crippen LogP contribution in [0.5, 0.6) is 5.75 Å². The molecule has 0 aliphatic carbocycles. The maximum absolute atomic E-state index is 12.7. The smallest absolute Gasteiger partial charge is 0.340 e. The number of sulfonamides is 1. The quantitative estimate of drug-likeness (QED) is 0.656. The van der Waals surface area contributed by atoms with Gasteiger partial charge in [-0.3, -0.25) is 9.52 Å². The van der Waals surface area contributed by atoms with E-state index >= 15 is 0 Å². The SMILES string of the molecule is CCOc1ccc(S(=O)(=O)Nc2ccccc2C(=O)OCC(=O)C(C)(C)C)cc1. The van der Waals surface area contributed by atoms with Crippen molar-refractivity contribution in [3.63, 3.8) is 0 Å². The predicted octanol–water partition coefficient (Wildman–Crippen LogP) is 3.66. The van der Waals surface area contributed by atoms with Gasteiger partial charge in [0.25, 0.3) is 10.0 Å². The summed E-state index contributed by atoms with van der Waals surface area (Å²) in [4.78, 5) is 24.4. The number of carbonyl (C=O) groups is 2. The average molecular weight is 419 g/mol. The Labute approximate surface area is 171 Å². The second-order valence-corrected chi connectivity index (χ2v) is 8.99. The summed E-state index contributed by atoms with van der Waals surface area (Å²) in [7, 11) is -3.94. The Morgan fingerprint density at radius 3 is 2.21 bits per heavy atom. The summed E-state index contributed by atoms with van der Waals surface area (Å²) >= 11 is 0. The third-order valence-electron chi connectivity index (χ3n) is 4.01. The molecule has 0 heterocycles. The molecule has 0 aliphatic heterocycles. The Kier molecular flexibility index (Phi) is 7.02. The molecule has 0 spiro atoms. The number of Topliss-reactive ketones (excluding diaryl/α,β-unsaturated/α-hetero) is 1. The molecule has 0 bridgehead atoms. The molecule has 2 aromatic carbocycles. The van der Waals surface area contributed by atoms with Gasteiger partial charge in [0.1, 0.15) is 5.75 Å². The van der Waals surface area contributed by atoms with Crippen LogP contribution in [-0.2, 0) is 19.6 Å². The van der Waals surface area contributed by atoms with Crippen molar-refractivity contribution in [3.05, 3.63) is 54.1 Å². The summed E-state index contributed by atoms with van der Waals surface area (Å²) in [6.45, 7) is 7.09. The minimum absolute atomic E-state index is 0.0173. The van der Waals surface area contributed by atoms with Gasteiger partial charge in [0.2, 0.25) is 0 Å². The number of hydrogen-bond acceptors (Lipinski definition) is 6. The minimum atomic E-state index is -3.94. The second-order valence-electron chi connectivity index (χ2n) is 7.30. The van der Waals surface area contributed by atoms with Crippen molar-refractivity contribution in [1.29, 1.82) is 0 Å². The van der Waals surface area contributed by atoms with Gasteiger partial charge >= 0.3 is 5.97 Å². The molecule has 0 radical (unpaired) electrons. The monoisotopic (exact) mass is 419 g/mol. The molecule has 0 atom stereocenters. The van der Waals surface area contributed by atoms with Gasteiger partial charge in [-0.25, -0.2) is 13.2 Å². The molecule has 0 amide bonds. The van der Waals surface area contributed by atoms with E-state index in [2.05, 4.69) is 4.72 Å². The molecule has 156 valence electrons. The van der Waals surface area contributed by atoms with Crippen LogP contribution in [0.25, 0.3) is 0 Å². The van der Waals surface area contributed by atoms with Gasteiger partial charge < -0.3 is 9.47 Å².